The minimum atomic E-state index is -0.994. The lowest BCUT2D eigenvalue weighted by Gasteiger charge is -2.08. The van der Waals surface area contributed by atoms with Crippen molar-refractivity contribution in [3.05, 3.63) is 102 Å². The summed E-state index contributed by atoms with van der Waals surface area (Å²) in [6.45, 7) is 0. The second-order valence-corrected chi connectivity index (χ2v) is 7.37. The molecule has 0 amide bonds. The van der Waals surface area contributed by atoms with Crippen LogP contribution in [0.1, 0.15) is 21.8 Å². The van der Waals surface area contributed by atoms with Crippen molar-refractivity contribution in [3.63, 3.8) is 0 Å². The summed E-state index contributed by atoms with van der Waals surface area (Å²) in [7, 11) is 0. The van der Waals surface area contributed by atoms with Gasteiger partial charge in [0.1, 0.15) is 23.3 Å². The van der Waals surface area contributed by atoms with E-state index in [-0.39, 0.29) is 17.2 Å². The lowest BCUT2D eigenvalue weighted by Crippen LogP contribution is -2.44. The third-order valence-corrected chi connectivity index (χ3v) is 5.29. The molecule has 0 aliphatic carbocycles. The molecule has 1 atom stereocenters. The molecule has 4 aromatic rings. The topological polar surface area (TPSA) is 59.0 Å². The summed E-state index contributed by atoms with van der Waals surface area (Å²) in [5.74, 6) is -0.943. The largest absolute Gasteiger partial charge is 0.469 e. The van der Waals surface area contributed by atoms with E-state index in [4.69, 9.17) is 4.42 Å². The molecule has 0 saturated carbocycles. The van der Waals surface area contributed by atoms with E-state index in [0.717, 1.165) is 11.6 Å². The minimum absolute atomic E-state index is 0.00639. The third kappa shape index (κ3) is 3.59. The Labute approximate surface area is 177 Å². The molecule has 1 aliphatic rings. The van der Waals surface area contributed by atoms with Gasteiger partial charge in [0, 0.05) is 12.0 Å². The van der Waals surface area contributed by atoms with Crippen LogP contribution in [0.2, 0.25) is 0 Å². The highest BCUT2D eigenvalue weighted by atomic mass is 19.2. The number of anilines is 1. The minimum Gasteiger partial charge on any atom is -0.469 e. The van der Waals surface area contributed by atoms with E-state index in [1.54, 1.807) is 18.4 Å². The van der Waals surface area contributed by atoms with Gasteiger partial charge in [0.05, 0.1) is 12.7 Å². The van der Waals surface area contributed by atoms with E-state index in [9.17, 15) is 13.6 Å². The number of hydrogen-bond donors (Lipinski definition) is 1. The molecular weight excluding hydrogens is 400 g/mol. The molecule has 1 aliphatic heterocycles. The molecule has 1 unspecified atom stereocenters. The summed E-state index contributed by atoms with van der Waals surface area (Å²) in [6, 6.07) is 16.6. The Kier molecular flexibility index (Phi) is 4.78. The molecule has 2 aromatic carbocycles. The van der Waals surface area contributed by atoms with Gasteiger partial charge >= 0.3 is 11.7 Å². The Balaban J connectivity index is 1.60. The number of carbonyl (C=O) groups is 1. The first kappa shape index (κ1) is 19.1. The average molecular weight is 418 g/mol. The smallest absolute Gasteiger partial charge is 0.359 e. The number of aromatic nitrogens is 2. The number of hydrogen-bond acceptors (Lipinski definition) is 4. The summed E-state index contributed by atoms with van der Waals surface area (Å²) < 4.78 is 35.1. The zero-order valence-electron chi connectivity index (χ0n) is 16.4. The van der Waals surface area contributed by atoms with Crippen LogP contribution in [-0.4, -0.2) is 16.9 Å². The van der Waals surface area contributed by atoms with Crippen LogP contribution in [-0.2, 0) is 12.8 Å². The van der Waals surface area contributed by atoms with E-state index >= 15 is 0 Å². The molecule has 0 spiro atoms. The van der Waals surface area contributed by atoms with Crippen LogP contribution in [0.5, 0.6) is 0 Å². The molecule has 31 heavy (non-hydrogen) atoms. The van der Waals surface area contributed by atoms with Crippen molar-refractivity contribution in [3.8, 4) is 11.3 Å². The highest BCUT2D eigenvalue weighted by Crippen LogP contribution is 2.27. The maximum atomic E-state index is 14.5. The Morgan fingerprint density at radius 3 is 2.65 bits per heavy atom. The Morgan fingerprint density at radius 1 is 1.03 bits per heavy atom. The molecule has 5 rings (SSSR count). The lowest BCUT2D eigenvalue weighted by atomic mass is 10.1. The van der Waals surface area contributed by atoms with Crippen molar-refractivity contribution in [2.75, 3.05) is 5.32 Å². The van der Waals surface area contributed by atoms with Crippen LogP contribution >= 0.6 is 0 Å². The second kappa shape index (κ2) is 7.75. The van der Waals surface area contributed by atoms with E-state index in [2.05, 4.69) is 10.3 Å². The van der Waals surface area contributed by atoms with Crippen molar-refractivity contribution >= 4 is 11.7 Å². The zero-order chi connectivity index (χ0) is 21.4. The molecule has 0 radical (unpaired) electrons. The SMILES string of the molecule is O=C1C(Cc2ccco2)Nc2c(Cc3ccccc3)nc(-c3cccc(F)c3F)c[n+]21. The van der Waals surface area contributed by atoms with E-state index in [1.165, 1.54) is 22.9 Å². The Bertz CT molecular complexity index is 1260. The molecule has 5 nitrogen and oxygen atoms in total. The first-order valence-corrected chi connectivity index (χ1v) is 9.87. The molecule has 3 heterocycles. The summed E-state index contributed by atoms with van der Waals surface area (Å²) in [4.78, 5) is 17.7. The quantitative estimate of drug-likeness (QED) is 0.494. The molecule has 2 aromatic heterocycles. The first-order valence-electron chi connectivity index (χ1n) is 9.87. The van der Waals surface area contributed by atoms with Crippen molar-refractivity contribution in [2.45, 2.75) is 18.9 Å². The Hall–Kier alpha value is -3.87. The van der Waals surface area contributed by atoms with Crippen molar-refractivity contribution in [1.29, 1.82) is 0 Å². The molecule has 7 heteroatoms. The van der Waals surface area contributed by atoms with Gasteiger partial charge in [0.15, 0.2) is 11.6 Å². The maximum absolute atomic E-state index is 14.5. The second-order valence-electron chi connectivity index (χ2n) is 7.37. The predicted molar refractivity (Wildman–Crippen MR) is 109 cm³/mol. The summed E-state index contributed by atoms with van der Waals surface area (Å²) in [5, 5.41) is 3.24. The normalized spacial score (nSPS) is 15.0. The van der Waals surface area contributed by atoms with Gasteiger partial charge in [0.2, 0.25) is 6.04 Å². The van der Waals surface area contributed by atoms with Crippen LogP contribution < -0.4 is 9.88 Å². The Morgan fingerprint density at radius 2 is 1.87 bits per heavy atom. The molecule has 0 bridgehead atoms. The van der Waals surface area contributed by atoms with Crippen LogP contribution in [0.25, 0.3) is 11.3 Å². The predicted octanol–water partition coefficient (Wildman–Crippen LogP) is 4.18. The number of fused-ring (bicyclic) bond motifs is 1. The van der Waals surface area contributed by atoms with E-state index in [1.807, 2.05) is 30.3 Å². The molecule has 1 N–H and O–H groups in total. The number of halogens is 2. The highest BCUT2D eigenvalue weighted by molar-refractivity contribution is 5.82. The molecule has 0 fully saturated rings. The van der Waals surface area contributed by atoms with Crippen LogP contribution in [0.15, 0.2) is 77.5 Å². The maximum Gasteiger partial charge on any atom is 0.359 e. The number of benzene rings is 2. The fourth-order valence-electron chi connectivity index (χ4n) is 3.79. The van der Waals surface area contributed by atoms with Crippen molar-refractivity contribution < 1.29 is 22.6 Å². The average Bonchev–Trinajstić information content (AvgIpc) is 3.40. The van der Waals surface area contributed by atoms with Crippen LogP contribution in [0.3, 0.4) is 0 Å². The van der Waals surface area contributed by atoms with Crippen LogP contribution in [0, 0.1) is 11.6 Å². The molecule has 154 valence electrons. The van der Waals surface area contributed by atoms with Gasteiger partial charge in [0.25, 0.3) is 0 Å². The zero-order valence-corrected chi connectivity index (χ0v) is 16.4. The first-order chi connectivity index (χ1) is 15.1. The van der Waals surface area contributed by atoms with Gasteiger partial charge in [-0.3, -0.25) is 5.32 Å². The monoisotopic (exact) mass is 418 g/mol. The number of nitrogens with zero attached hydrogens (tertiary/aromatic N) is 2. The van der Waals surface area contributed by atoms with Gasteiger partial charge in [-0.05, 0) is 29.8 Å². The highest BCUT2D eigenvalue weighted by Gasteiger charge is 2.41. The van der Waals surface area contributed by atoms with E-state index in [0.29, 0.717) is 30.1 Å². The molecule has 0 saturated heterocycles. The van der Waals surface area contributed by atoms with Gasteiger partial charge in [-0.15, -0.1) is 0 Å². The van der Waals surface area contributed by atoms with Crippen molar-refractivity contribution in [2.24, 2.45) is 0 Å². The van der Waals surface area contributed by atoms with Gasteiger partial charge in [-0.25, -0.2) is 18.6 Å². The van der Waals surface area contributed by atoms with Gasteiger partial charge < -0.3 is 4.42 Å². The number of rotatable bonds is 5. The molecular formula is C24H18F2N3O2+. The standard InChI is InChI=1S/C24H17F2N3O2/c25-18-10-4-9-17(22(18)26)21-14-29-23(19(27-21)12-15-6-2-1-3-7-15)28-20(24(29)30)13-16-8-5-11-31-16/h1-11,14,20H,12-13H2/p+1. The fraction of sp³-hybridized carbons (Fsp3) is 0.125. The summed E-state index contributed by atoms with van der Waals surface area (Å²) in [6.07, 6.45) is 3.80. The summed E-state index contributed by atoms with van der Waals surface area (Å²) >= 11 is 0. The lowest BCUT2D eigenvalue weighted by molar-refractivity contribution is -0.552. The third-order valence-electron chi connectivity index (χ3n) is 5.29. The fourth-order valence-corrected chi connectivity index (χ4v) is 3.79. The van der Waals surface area contributed by atoms with Crippen LogP contribution in [0.4, 0.5) is 14.6 Å². The van der Waals surface area contributed by atoms with Gasteiger partial charge in [-0.2, -0.15) is 4.57 Å². The number of nitrogens with one attached hydrogen (secondary N) is 1. The number of carbonyl (C=O) groups excluding carboxylic acids is 1. The summed E-state index contributed by atoms with van der Waals surface area (Å²) in [5.41, 5.74) is 1.76. The van der Waals surface area contributed by atoms with E-state index < -0.39 is 17.7 Å². The van der Waals surface area contributed by atoms with Crippen molar-refractivity contribution in [1.82, 2.24) is 4.98 Å². The number of furan rings is 1. The van der Waals surface area contributed by atoms with Gasteiger partial charge in [-0.1, -0.05) is 36.4 Å².